The van der Waals surface area contributed by atoms with Crippen LogP contribution >= 0.6 is 10.7 Å². The Morgan fingerprint density at radius 2 is 2.00 bits per heavy atom. The predicted molar refractivity (Wildman–Crippen MR) is 58.8 cm³/mol. The van der Waals surface area contributed by atoms with E-state index in [0.717, 1.165) is 6.08 Å². The van der Waals surface area contributed by atoms with Crippen molar-refractivity contribution in [2.75, 3.05) is 7.11 Å². The molecule has 0 aliphatic carbocycles. The molecule has 0 rings (SSSR count). The van der Waals surface area contributed by atoms with E-state index in [4.69, 9.17) is 10.7 Å². The highest BCUT2D eigenvalue weighted by atomic mass is 35.7. The van der Waals surface area contributed by atoms with Crippen LogP contribution in [-0.4, -0.2) is 21.5 Å². The Kier molecular flexibility index (Phi) is 5.32. The maximum absolute atomic E-state index is 11.1. The van der Waals surface area contributed by atoms with Gasteiger partial charge in [-0.05, 0) is 19.1 Å². The Labute approximate surface area is 93.3 Å². The van der Waals surface area contributed by atoms with Gasteiger partial charge in [0.2, 0.25) is 0 Å². The zero-order valence-electron chi connectivity index (χ0n) is 8.36. The van der Waals surface area contributed by atoms with E-state index in [2.05, 4.69) is 11.3 Å². The number of methoxy groups -OCH3 is 1. The van der Waals surface area contributed by atoms with Crippen LogP contribution in [0.1, 0.15) is 6.92 Å². The molecule has 0 aromatic rings. The molecule has 4 nitrogen and oxygen atoms in total. The second-order valence-corrected chi connectivity index (χ2v) is 5.28. The average Bonchev–Trinajstić information content (AvgIpc) is 2.14. The summed E-state index contributed by atoms with van der Waals surface area (Å²) < 4.78 is 26.2. The molecule has 0 aromatic heterocycles. The van der Waals surface area contributed by atoms with Crippen molar-refractivity contribution < 1.29 is 17.9 Å². The van der Waals surface area contributed by atoms with Crippen LogP contribution in [0.25, 0.3) is 0 Å². The Morgan fingerprint density at radius 1 is 1.47 bits per heavy atom. The fraction of sp³-hybridized carbons (Fsp3) is 0.222. The van der Waals surface area contributed by atoms with Gasteiger partial charge >= 0.3 is 5.97 Å². The van der Waals surface area contributed by atoms with Crippen LogP contribution < -0.4 is 0 Å². The molecule has 0 N–H and O–H groups in total. The van der Waals surface area contributed by atoms with Gasteiger partial charge in [0.15, 0.2) is 0 Å². The molecular formula is C9H11ClO4S. The third-order valence-corrected chi connectivity index (χ3v) is 3.08. The molecule has 0 spiro atoms. The van der Waals surface area contributed by atoms with Crippen molar-refractivity contribution in [3.05, 3.63) is 35.3 Å². The summed E-state index contributed by atoms with van der Waals surface area (Å²) in [6.07, 6.45) is 3.80. The molecule has 0 aliphatic rings. The summed E-state index contributed by atoms with van der Waals surface area (Å²) >= 11 is 0. The van der Waals surface area contributed by atoms with E-state index in [9.17, 15) is 13.2 Å². The zero-order chi connectivity index (χ0) is 12.1. The van der Waals surface area contributed by atoms with Crippen LogP contribution in [0.3, 0.4) is 0 Å². The van der Waals surface area contributed by atoms with Gasteiger partial charge in [-0.2, -0.15) is 0 Å². The molecule has 0 saturated heterocycles. The second kappa shape index (κ2) is 5.72. The third kappa shape index (κ3) is 4.80. The lowest BCUT2D eigenvalue weighted by Crippen LogP contribution is -2.04. The summed E-state index contributed by atoms with van der Waals surface area (Å²) in [7, 11) is 2.46. The van der Waals surface area contributed by atoms with E-state index < -0.39 is 15.0 Å². The van der Waals surface area contributed by atoms with Crippen molar-refractivity contribution in [1.29, 1.82) is 0 Å². The fourth-order valence-corrected chi connectivity index (χ4v) is 1.11. The van der Waals surface area contributed by atoms with Crippen LogP contribution in [-0.2, 0) is 18.6 Å². The second-order valence-electron chi connectivity index (χ2n) is 2.54. The average molecular weight is 251 g/mol. The molecule has 0 saturated carbocycles. The lowest BCUT2D eigenvalue weighted by Gasteiger charge is -2.00. The lowest BCUT2D eigenvalue weighted by atomic mass is 10.2. The molecule has 0 aliphatic heterocycles. The minimum atomic E-state index is -3.81. The number of allylic oxidation sites excluding steroid dienone is 3. The number of rotatable bonds is 4. The smallest absolute Gasteiger partial charge is 0.337 e. The molecule has 0 heterocycles. The lowest BCUT2D eigenvalue weighted by molar-refractivity contribution is -0.135. The summed E-state index contributed by atoms with van der Waals surface area (Å²) in [5.41, 5.74) is 0.0641. The minimum absolute atomic E-state index is 0.0641. The number of hydrogen-bond acceptors (Lipinski definition) is 4. The van der Waals surface area contributed by atoms with E-state index in [1.807, 2.05) is 0 Å². The first-order valence-electron chi connectivity index (χ1n) is 3.87. The van der Waals surface area contributed by atoms with Gasteiger partial charge in [-0.3, -0.25) is 0 Å². The minimum Gasteiger partial charge on any atom is -0.465 e. The number of esters is 1. The Balaban J connectivity index is 5.27. The van der Waals surface area contributed by atoms with Gasteiger partial charge in [0.05, 0.1) is 17.6 Å². The van der Waals surface area contributed by atoms with Crippen LogP contribution in [0.2, 0.25) is 0 Å². The summed E-state index contributed by atoms with van der Waals surface area (Å²) in [6, 6.07) is 0. The topological polar surface area (TPSA) is 60.4 Å². The van der Waals surface area contributed by atoms with Crippen molar-refractivity contribution >= 4 is 25.7 Å². The van der Waals surface area contributed by atoms with Crippen LogP contribution in [0.5, 0.6) is 0 Å². The Bertz CT molecular complexity index is 417. The van der Waals surface area contributed by atoms with Crippen LogP contribution in [0.15, 0.2) is 35.3 Å². The maximum Gasteiger partial charge on any atom is 0.337 e. The fourth-order valence-electron chi connectivity index (χ4n) is 0.709. The summed E-state index contributed by atoms with van der Waals surface area (Å²) in [5.74, 6) is -0.658. The molecule has 0 unspecified atom stereocenters. The van der Waals surface area contributed by atoms with Gasteiger partial charge in [0, 0.05) is 10.7 Å². The monoisotopic (exact) mass is 250 g/mol. The number of ether oxygens (including phenoxy) is 1. The van der Waals surface area contributed by atoms with Crippen LogP contribution in [0.4, 0.5) is 0 Å². The predicted octanol–water partition coefficient (Wildman–Crippen LogP) is 1.74. The van der Waals surface area contributed by atoms with Crippen molar-refractivity contribution in [2.24, 2.45) is 0 Å². The first kappa shape index (κ1) is 13.9. The van der Waals surface area contributed by atoms with Gasteiger partial charge in [0.25, 0.3) is 9.05 Å². The molecule has 0 atom stereocenters. The molecule has 0 fully saturated rings. The molecule has 84 valence electrons. The molecule has 0 aromatic carbocycles. The molecule has 0 bridgehead atoms. The van der Waals surface area contributed by atoms with E-state index in [0.29, 0.717) is 0 Å². The Morgan fingerprint density at radius 3 is 2.33 bits per heavy atom. The van der Waals surface area contributed by atoms with Crippen LogP contribution in [0, 0.1) is 0 Å². The van der Waals surface area contributed by atoms with E-state index in [-0.39, 0.29) is 10.5 Å². The summed E-state index contributed by atoms with van der Waals surface area (Å²) in [4.78, 5) is 11.0. The van der Waals surface area contributed by atoms with E-state index in [1.165, 1.54) is 26.2 Å². The first-order valence-corrected chi connectivity index (χ1v) is 6.18. The maximum atomic E-state index is 11.1. The summed E-state index contributed by atoms with van der Waals surface area (Å²) in [5, 5.41) is 0. The van der Waals surface area contributed by atoms with Gasteiger partial charge in [-0.15, -0.1) is 0 Å². The molecule has 15 heavy (non-hydrogen) atoms. The van der Waals surface area contributed by atoms with Gasteiger partial charge in [-0.1, -0.05) is 12.7 Å². The number of halogens is 1. The number of carbonyl (C=O) groups is 1. The summed E-state index contributed by atoms with van der Waals surface area (Å²) in [6.45, 7) is 4.67. The largest absolute Gasteiger partial charge is 0.465 e. The zero-order valence-corrected chi connectivity index (χ0v) is 9.93. The first-order chi connectivity index (χ1) is 6.82. The van der Waals surface area contributed by atoms with E-state index >= 15 is 0 Å². The van der Waals surface area contributed by atoms with E-state index in [1.54, 1.807) is 0 Å². The molecule has 0 radical (unpaired) electrons. The highest BCUT2D eigenvalue weighted by Crippen LogP contribution is 2.14. The standard InChI is InChI=1S/C9H11ClO4S/c1-4-5-8(9(11)14-3)6-7(2)15(10,12)13/h4-6H,1H2,2-3H3/b7-6+,8-5+. The van der Waals surface area contributed by atoms with Gasteiger partial charge < -0.3 is 4.74 Å². The van der Waals surface area contributed by atoms with Crippen molar-refractivity contribution in [2.45, 2.75) is 6.92 Å². The Hall–Kier alpha value is -1.07. The third-order valence-electron chi connectivity index (χ3n) is 1.46. The highest BCUT2D eigenvalue weighted by Gasteiger charge is 2.12. The SMILES string of the molecule is C=C/C=C(\C=C(/C)S(=O)(=O)Cl)C(=O)OC. The number of carbonyl (C=O) groups excluding carboxylic acids is 1. The highest BCUT2D eigenvalue weighted by molar-refractivity contribution is 8.16. The molecule has 6 heteroatoms. The molecular weight excluding hydrogens is 240 g/mol. The van der Waals surface area contributed by atoms with Gasteiger partial charge in [-0.25, -0.2) is 13.2 Å². The van der Waals surface area contributed by atoms with Crippen molar-refractivity contribution in [3.8, 4) is 0 Å². The van der Waals surface area contributed by atoms with Crippen molar-refractivity contribution in [1.82, 2.24) is 0 Å². The number of hydrogen-bond donors (Lipinski definition) is 0. The normalized spacial score (nSPS) is 13.5. The quantitative estimate of drug-likeness (QED) is 0.330. The van der Waals surface area contributed by atoms with Crippen molar-refractivity contribution in [3.63, 3.8) is 0 Å². The van der Waals surface area contributed by atoms with Gasteiger partial charge in [0.1, 0.15) is 0 Å². The molecule has 0 amide bonds.